The van der Waals surface area contributed by atoms with Gasteiger partial charge in [-0.3, -0.25) is 4.79 Å². The number of nitrogen functional groups attached to an aromatic ring is 1. The summed E-state index contributed by atoms with van der Waals surface area (Å²) in [4.78, 5) is 15.0. The van der Waals surface area contributed by atoms with Gasteiger partial charge in [0.05, 0.1) is 0 Å². The van der Waals surface area contributed by atoms with E-state index in [1.54, 1.807) is 6.07 Å². The van der Waals surface area contributed by atoms with Crippen LogP contribution in [-0.2, 0) is 0 Å². The second-order valence-corrected chi connectivity index (χ2v) is 6.62. The van der Waals surface area contributed by atoms with Gasteiger partial charge in [0.2, 0.25) is 0 Å². The van der Waals surface area contributed by atoms with E-state index in [0.29, 0.717) is 23.8 Å². The molecule has 21 heavy (non-hydrogen) atoms. The smallest absolute Gasteiger partial charge is 0.251 e. The highest BCUT2D eigenvalue weighted by Crippen LogP contribution is 2.32. The summed E-state index contributed by atoms with van der Waals surface area (Å²) in [5, 5.41) is 3.24. The van der Waals surface area contributed by atoms with Crippen molar-refractivity contribution in [3.63, 3.8) is 0 Å². The number of rotatable bonds is 2. The molecule has 2 aliphatic rings. The molecular formula is C17H25N3O. The number of nitrogens with one attached hydrogen (secondary N) is 1. The Morgan fingerprint density at radius 1 is 1.29 bits per heavy atom. The lowest BCUT2D eigenvalue weighted by Crippen LogP contribution is -2.55. The van der Waals surface area contributed by atoms with Gasteiger partial charge < -0.3 is 16.0 Å². The number of anilines is 1. The number of benzene rings is 1. The highest BCUT2D eigenvalue weighted by Gasteiger charge is 2.36. The second kappa shape index (κ2) is 5.68. The van der Waals surface area contributed by atoms with Crippen molar-refractivity contribution in [3.05, 3.63) is 29.3 Å². The average Bonchev–Trinajstić information content (AvgIpc) is 2.39. The molecule has 0 spiro atoms. The summed E-state index contributed by atoms with van der Waals surface area (Å²) in [7, 11) is 2.23. The third-order valence-corrected chi connectivity index (χ3v) is 5.17. The van der Waals surface area contributed by atoms with Crippen molar-refractivity contribution >= 4 is 11.6 Å². The molecule has 0 radical (unpaired) electrons. The van der Waals surface area contributed by atoms with Gasteiger partial charge in [0.15, 0.2) is 0 Å². The lowest BCUT2D eigenvalue weighted by Gasteiger charge is -2.47. The molecule has 2 saturated heterocycles. The molecule has 4 heteroatoms. The summed E-state index contributed by atoms with van der Waals surface area (Å²) in [6, 6.07) is 7.06. The number of carbonyl (C=O) groups is 1. The van der Waals surface area contributed by atoms with E-state index in [-0.39, 0.29) is 5.91 Å². The van der Waals surface area contributed by atoms with Crippen molar-refractivity contribution in [3.8, 4) is 0 Å². The molecule has 2 bridgehead atoms. The Morgan fingerprint density at radius 2 is 1.95 bits per heavy atom. The summed E-state index contributed by atoms with van der Waals surface area (Å²) in [5.41, 5.74) is 8.15. The van der Waals surface area contributed by atoms with Gasteiger partial charge in [-0.2, -0.15) is 0 Å². The average molecular weight is 287 g/mol. The second-order valence-electron chi connectivity index (χ2n) is 6.62. The first-order valence-corrected chi connectivity index (χ1v) is 7.93. The molecule has 3 rings (SSSR count). The van der Waals surface area contributed by atoms with Crippen LogP contribution in [0.25, 0.3) is 0 Å². The molecule has 1 aromatic carbocycles. The largest absolute Gasteiger partial charge is 0.399 e. The Balaban J connectivity index is 1.68. The predicted molar refractivity (Wildman–Crippen MR) is 85.3 cm³/mol. The van der Waals surface area contributed by atoms with E-state index >= 15 is 0 Å². The molecule has 114 valence electrons. The van der Waals surface area contributed by atoms with Crippen molar-refractivity contribution < 1.29 is 4.79 Å². The Hall–Kier alpha value is -1.55. The molecule has 2 atom stereocenters. The number of nitrogens with two attached hydrogens (primary N) is 1. The van der Waals surface area contributed by atoms with Crippen molar-refractivity contribution in [2.45, 2.75) is 57.2 Å². The van der Waals surface area contributed by atoms with E-state index in [4.69, 9.17) is 5.73 Å². The zero-order valence-corrected chi connectivity index (χ0v) is 12.9. The van der Waals surface area contributed by atoms with E-state index in [0.717, 1.165) is 24.0 Å². The maximum absolute atomic E-state index is 12.5. The topological polar surface area (TPSA) is 58.4 Å². The van der Waals surface area contributed by atoms with Crippen molar-refractivity contribution in [2.75, 3.05) is 12.8 Å². The lowest BCUT2D eigenvalue weighted by atomic mass is 9.82. The van der Waals surface area contributed by atoms with E-state index in [1.165, 1.54) is 19.3 Å². The maximum Gasteiger partial charge on any atom is 0.251 e. The fraction of sp³-hybridized carbons (Fsp3) is 0.588. The Morgan fingerprint density at radius 3 is 2.57 bits per heavy atom. The number of piperidine rings is 2. The Labute approximate surface area is 126 Å². The minimum atomic E-state index is 0.0418. The summed E-state index contributed by atoms with van der Waals surface area (Å²) < 4.78 is 0. The summed E-state index contributed by atoms with van der Waals surface area (Å²) in [6.45, 7) is 1.94. The number of hydrogen-bond donors (Lipinski definition) is 2. The zero-order chi connectivity index (χ0) is 15.0. The van der Waals surface area contributed by atoms with Gasteiger partial charge in [-0.15, -0.1) is 0 Å². The summed E-state index contributed by atoms with van der Waals surface area (Å²) in [6.07, 6.45) is 6.01. The highest BCUT2D eigenvalue weighted by molar-refractivity contribution is 5.96. The molecule has 4 nitrogen and oxygen atoms in total. The Kier molecular flexibility index (Phi) is 3.89. The van der Waals surface area contributed by atoms with Crippen molar-refractivity contribution in [1.29, 1.82) is 0 Å². The SMILES string of the molecule is Cc1cc(N)ccc1C(=O)NC1CC2CCCC(C1)N2C. The fourth-order valence-corrected chi connectivity index (χ4v) is 3.94. The van der Waals surface area contributed by atoms with Crippen LogP contribution in [0.3, 0.4) is 0 Å². The molecule has 2 heterocycles. The quantitative estimate of drug-likeness (QED) is 0.821. The molecule has 3 N–H and O–H groups in total. The third-order valence-electron chi connectivity index (χ3n) is 5.17. The molecule has 0 aromatic heterocycles. The van der Waals surface area contributed by atoms with Crippen LogP contribution in [0, 0.1) is 6.92 Å². The number of amides is 1. The first-order valence-electron chi connectivity index (χ1n) is 7.93. The van der Waals surface area contributed by atoms with Crippen LogP contribution in [0.15, 0.2) is 18.2 Å². The monoisotopic (exact) mass is 287 g/mol. The lowest BCUT2D eigenvalue weighted by molar-refractivity contribution is 0.0463. The predicted octanol–water partition coefficient (Wildman–Crippen LogP) is 2.32. The minimum Gasteiger partial charge on any atom is -0.399 e. The number of aryl methyl sites for hydroxylation is 1. The third kappa shape index (κ3) is 2.91. The normalized spacial score (nSPS) is 29.1. The molecule has 1 amide bonds. The zero-order valence-electron chi connectivity index (χ0n) is 12.9. The minimum absolute atomic E-state index is 0.0418. The maximum atomic E-state index is 12.5. The molecular weight excluding hydrogens is 262 g/mol. The van der Waals surface area contributed by atoms with E-state index in [1.807, 2.05) is 19.1 Å². The molecule has 2 fully saturated rings. The first kappa shape index (κ1) is 14.4. The van der Waals surface area contributed by atoms with Gasteiger partial charge in [-0.05, 0) is 63.4 Å². The van der Waals surface area contributed by atoms with Crippen LogP contribution in [0.2, 0.25) is 0 Å². The van der Waals surface area contributed by atoms with Crippen LogP contribution < -0.4 is 11.1 Å². The molecule has 2 aliphatic heterocycles. The van der Waals surface area contributed by atoms with Gasteiger partial charge in [-0.25, -0.2) is 0 Å². The molecule has 0 saturated carbocycles. The fourth-order valence-electron chi connectivity index (χ4n) is 3.94. The molecule has 0 aliphatic carbocycles. The number of nitrogens with zero attached hydrogens (tertiary/aromatic N) is 1. The summed E-state index contributed by atoms with van der Waals surface area (Å²) >= 11 is 0. The van der Waals surface area contributed by atoms with Crippen molar-refractivity contribution in [1.82, 2.24) is 10.2 Å². The van der Waals surface area contributed by atoms with Gasteiger partial charge in [0.25, 0.3) is 5.91 Å². The standard InChI is InChI=1S/C17H25N3O/c1-11-8-12(18)6-7-16(11)17(21)19-13-9-14-4-3-5-15(10-13)20(14)2/h6-8,13-15H,3-5,9-10,18H2,1-2H3,(H,19,21). The van der Waals surface area contributed by atoms with Crippen LogP contribution >= 0.6 is 0 Å². The van der Waals surface area contributed by atoms with Gasteiger partial charge in [0.1, 0.15) is 0 Å². The molecule has 2 unspecified atom stereocenters. The highest BCUT2D eigenvalue weighted by atomic mass is 16.1. The summed E-state index contributed by atoms with van der Waals surface area (Å²) in [5.74, 6) is 0.0418. The van der Waals surface area contributed by atoms with Gasteiger partial charge in [-0.1, -0.05) is 6.42 Å². The van der Waals surface area contributed by atoms with Gasteiger partial charge in [0, 0.05) is 29.4 Å². The van der Waals surface area contributed by atoms with E-state index in [2.05, 4.69) is 17.3 Å². The van der Waals surface area contributed by atoms with Crippen LogP contribution in [0.4, 0.5) is 5.69 Å². The van der Waals surface area contributed by atoms with E-state index < -0.39 is 0 Å². The van der Waals surface area contributed by atoms with Crippen LogP contribution in [0.1, 0.15) is 48.0 Å². The first-order chi connectivity index (χ1) is 10.0. The number of fused-ring (bicyclic) bond motifs is 2. The Bertz CT molecular complexity index is 529. The van der Waals surface area contributed by atoms with Crippen LogP contribution in [-0.4, -0.2) is 36.0 Å². The van der Waals surface area contributed by atoms with E-state index in [9.17, 15) is 4.79 Å². The number of carbonyl (C=O) groups excluding carboxylic acids is 1. The van der Waals surface area contributed by atoms with Crippen molar-refractivity contribution in [2.24, 2.45) is 0 Å². The molecule has 1 aromatic rings. The van der Waals surface area contributed by atoms with Crippen LogP contribution in [0.5, 0.6) is 0 Å². The van der Waals surface area contributed by atoms with Gasteiger partial charge >= 0.3 is 0 Å². The number of hydrogen-bond acceptors (Lipinski definition) is 3.